The van der Waals surface area contributed by atoms with E-state index in [1.54, 1.807) is 22.9 Å². The van der Waals surface area contributed by atoms with Gasteiger partial charge in [-0.1, -0.05) is 18.2 Å². The number of likely N-dealkylation sites (N-methyl/N-ethyl adjacent to an activating group) is 1. The summed E-state index contributed by atoms with van der Waals surface area (Å²) in [6.45, 7) is 0.859. The molecule has 2 heterocycles. The second-order valence-electron chi connectivity index (χ2n) is 5.71. The summed E-state index contributed by atoms with van der Waals surface area (Å²) in [5, 5.41) is 8.65. The lowest BCUT2D eigenvalue weighted by atomic mass is 10.2. The number of ether oxygens (including phenoxy) is 1. The number of nitrogens with two attached hydrogens (primary N) is 1. The van der Waals surface area contributed by atoms with Crippen molar-refractivity contribution in [2.75, 3.05) is 13.6 Å². The minimum Gasteiger partial charge on any atom is -0.364 e. The van der Waals surface area contributed by atoms with Crippen molar-refractivity contribution in [3.8, 4) is 5.69 Å². The van der Waals surface area contributed by atoms with Gasteiger partial charge < -0.3 is 15.4 Å². The average Bonchev–Trinajstić information content (AvgIpc) is 3.24. The van der Waals surface area contributed by atoms with Gasteiger partial charge in [-0.25, -0.2) is 0 Å². The zero-order chi connectivity index (χ0) is 16.2. The Balaban J connectivity index is 1.61. The van der Waals surface area contributed by atoms with Crippen LogP contribution in [0.5, 0.6) is 0 Å². The zero-order valence-electron chi connectivity index (χ0n) is 13.1. The highest BCUT2D eigenvalue weighted by Crippen LogP contribution is 2.20. The van der Waals surface area contributed by atoms with Gasteiger partial charge >= 0.3 is 0 Å². The van der Waals surface area contributed by atoms with Crippen LogP contribution >= 0.6 is 0 Å². The van der Waals surface area contributed by atoms with Gasteiger partial charge in [-0.2, -0.15) is 15.0 Å². The maximum atomic E-state index is 12.4. The molecule has 1 aliphatic rings. The molecule has 0 spiro atoms. The maximum Gasteiger partial charge on any atom is 0.251 e. The standard InChI is InChI=1S/C16H21N5O2/c1-20(16(22)15-8-7-14(9-17)23-15)11-12-10-18-21(19-12)13-5-3-2-4-6-13/h2-6,10,14-15H,7-9,11,17H2,1H3/t14-,15+/m1/s1. The third kappa shape index (κ3) is 3.57. The summed E-state index contributed by atoms with van der Waals surface area (Å²) < 4.78 is 5.65. The number of hydrogen-bond acceptors (Lipinski definition) is 5. The van der Waals surface area contributed by atoms with Gasteiger partial charge in [0.2, 0.25) is 0 Å². The molecule has 0 bridgehead atoms. The zero-order valence-corrected chi connectivity index (χ0v) is 13.1. The van der Waals surface area contributed by atoms with Gasteiger partial charge in [-0.15, -0.1) is 0 Å². The minimum absolute atomic E-state index is 0.00342. The lowest BCUT2D eigenvalue weighted by Gasteiger charge is -2.20. The topological polar surface area (TPSA) is 86.3 Å². The quantitative estimate of drug-likeness (QED) is 0.879. The minimum atomic E-state index is -0.391. The van der Waals surface area contributed by atoms with Gasteiger partial charge in [0.25, 0.3) is 5.91 Å². The Kier molecular flexibility index (Phi) is 4.68. The predicted molar refractivity (Wildman–Crippen MR) is 84.8 cm³/mol. The van der Waals surface area contributed by atoms with E-state index in [1.165, 1.54) is 0 Å². The fraction of sp³-hybridized carbons (Fsp3) is 0.438. The summed E-state index contributed by atoms with van der Waals surface area (Å²) in [4.78, 5) is 15.6. The van der Waals surface area contributed by atoms with E-state index in [-0.39, 0.29) is 12.0 Å². The van der Waals surface area contributed by atoms with Crippen molar-refractivity contribution in [2.45, 2.75) is 31.6 Å². The molecule has 7 heteroatoms. The number of hydrogen-bond donors (Lipinski definition) is 1. The molecule has 0 aliphatic carbocycles. The number of para-hydroxylation sites is 1. The van der Waals surface area contributed by atoms with Crippen LogP contribution in [0.15, 0.2) is 36.5 Å². The maximum absolute atomic E-state index is 12.4. The van der Waals surface area contributed by atoms with Gasteiger partial charge in [0.1, 0.15) is 11.8 Å². The van der Waals surface area contributed by atoms with Gasteiger partial charge in [0.05, 0.1) is 24.5 Å². The predicted octanol–water partition coefficient (Wildman–Crippen LogP) is 0.732. The molecule has 1 saturated heterocycles. The summed E-state index contributed by atoms with van der Waals surface area (Å²) in [6.07, 6.45) is 2.84. The van der Waals surface area contributed by atoms with E-state index < -0.39 is 6.10 Å². The second-order valence-corrected chi connectivity index (χ2v) is 5.71. The molecule has 2 atom stereocenters. The van der Waals surface area contributed by atoms with Crippen LogP contribution in [-0.4, -0.2) is 51.6 Å². The van der Waals surface area contributed by atoms with Crippen LogP contribution in [-0.2, 0) is 16.1 Å². The van der Waals surface area contributed by atoms with E-state index in [1.807, 2.05) is 30.3 Å². The van der Waals surface area contributed by atoms with Crippen molar-refractivity contribution in [1.82, 2.24) is 19.9 Å². The molecule has 1 aromatic heterocycles. The van der Waals surface area contributed by atoms with Crippen LogP contribution in [0.4, 0.5) is 0 Å². The molecular weight excluding hydrogens is 294 g/mol. The largest absolute Gasteiger partial charge is 0.364 e. The molecule has 1 amide bonds. The number of nitrogens with zero attached hydrogens (tertiary/aromatic N) is 4. The molecule has 0 saturated carbocycles. The van der Waals surface area contributed by atoms with Crippen molar-refractivity contribution in [1.29, 1.82) is 0 Å². The number of rotatable bonds is 5. The number of carbonyl (C=O) groups is 1. The van der Waals surface area contributed by atoms with E-state index in [9.17, 15) is 4.79 Å². The monoisotopic (exact) mass is 315 g/mol. The third-order valence-corrected chi connectivity index (χ3v) is 3.95. The molecular formula is C16H21N5O2. The summed E-state index contributed by atoms with van der Waals surface area (Å²) in [6, 6.07) is 9.66. The molecule has 1 aliphatic heterocycles. The highest BCUT2D eigenvalue weighted by atomic mass is 16.5. The Morgan fingerprint density at radius 2 is 2.17 bits per heavy atom. The first-order valence-corrected chi connectivity index (χ1v) is 7.74. The molecule has 7 nitrogen and oxygen atoms in total. The summed E-state index contributed by atoms with van der Waals surface area (Å²) in [5.41, 5.74) is 7.20. The van der Waals surface area contributed by atoms with Crippen LogP contribution in [0.1, 0.15) is 18.5 Å². The number of carbonyl (C=O) groups excluding carboxylic acids is 1. The highest BCUT2D eigenvalue weighted by Gasteiger charge is 2.31. The van der Waals surface area contributed by atoms with Gasteiger partial charge in [0, 0.05) is 13.6 Å². The molecule has 23 heavy (non-hydrogen) atoms. The van der Waals surface area contributed by atoms with Crippen molar-refractivity contribution >= 4 is 5.91 Å². The number of benzene rings is 1. The molecule has 122 valence electrons. The van der Waals surface area contributed by atoms with Crippen molar-refractivity contribution in [3.05, 3.63) is 42.2 Å². The first-order chi connectivity index (χ1) is 11.2. The van der Waals surface area contributed by atoms with Crippen LogP contribution in [0.25, 0.3) is 5.69 Å². The Bertz CT molecular complexity index is 658. The van der Waals surface area contributed by atoms with Crippen molar-refractivity contribution < 1.29 is 9.53 Å². The van der Waals surface area contributed by atoms with Gasteiger partial charge in [0.15, 0.2) is 0 Å². The average molecular weight is 315 g/mol. The smallest absolute Gasteiger partial charge is 0.251 e. The van der Waals surface area contributed by atoms with E-state index in [0.29, 0.717) is 13.1 Å². The fourth-order valence-electron chi connectivity index (χ4n) is 2.68. The molecule has 0 radical (unpaired) electrons. The SMILES string of the molecule is CN(Cc1cnn(-c2ccccc2)n1)C(=O)[C@@H]1CC[C@H](CN)O1. The Hall–Kier alpha value is -2.25. The Morgan fingerprint density at radius 3 is 2.87 bits per heavy atom. The van der Waals surface area contributed by atoms with Gasteiger partial charge in [-0.3, -0.25) is 4.79 Å². The van der Waals surface area contributed by atoms with Crippen LogP contribution in [0.2, 0.25) is 0 Å². The van der Waals surface area contributed by atoms with Crippen LogP contribution < -0.4 is 5.73 Å². The summed E-state index contributed by atoms with van der Waals surface area (Å²) in [5.74, 6) is -0.0322. The molecule has 1 fully saturated rings. The van der Waals surface area contributed by atoms with E-state index in [2.05, 4.69) is 10.2 Å². The summed E-state index contributed by atoms with van der Waals surface area (Å²) >= 11 is 0. The third-order valence-electron chi connectivity index (χ3n) is 3.95. The Morgan fingerprint density at radius 1 is 1.39 bits per heavy atom. The second kappa shape index (κ2) is 6.89. The highest BCUT2D eigenvalue weighted by molar-refractivity contribution is 5.80. The number of amides is 1. The van der Waals surface area contributed by atoms with Gasteiger partial charge in [-0.05, 0) is 25.0 Å². The molecule has 0 unspecified atom stereocenters. The fourth-order valence-corrected chi connectivity index (χ4v) is 2.68. The number of aromatic nitrogens is 3. The van der Waals surface area contributed by atoms with Crippen molar-refractivity contribution in [3.63, 3.8) is 0 Å². The van der Waals surface area contributed by atoms with Crippen LogP contribution in [0.3, 0.4) is 0 Å². The first kappa shape index (κ1) is 15.6. The first-order valence-electron chi connectivity index (χ1n) is 7.74. The molecule has 3 rings (SSSR count). The van der Waals surface area contributed by atoms with E-state index in [4.69, 9.17) is 10.5 Å². The van der Waals surface area contributed by atoms with Crippen molar-refractivity contribution in [2.24, 2.45) is 5.73 Å². The van der Waals surface area contributed by atoms with E-state index >= 15 is 0 Å². The van der Waals surface area contributed by atoms with E-state index in [0.717, 1.165) is 24.2 Å². The molecule has 1 aromatic carbocycles. The summed E-state index contributed by atoms with van der Waals surface area (Å²) in [7, 11) is 1.75. The van der Waals surface area contributed by atoms with Crippen LogP contribution in [0, 0.1) is 0 Å². The lowest BCUT2D eigenvalue weighted by molar-refractivity contribution is -0.142. The normalized spacial score (nSPS) is 20.6. The molecule has 2 aromatic rings. The molecule has 2 N–H and O–H groups in total. The lowest BCUT2D eigenvalue weighted by Crippen LogP contribution is -2.36. The Labute approximate surface area is 135 Å².